The first-order valence-corrected chi connectivity index (χ1v) is 5.62. The molecule has 2 aromatic carbocycles. The first-order chi connectivity index (χ1) is 8.10. The number of ether oxygens (including phenoxy) is 1. The highest BCUT2D eigenvalue weighted by atomic mass is 35.5. The molecule has 0 radical (unpaired) electrons. The van der Waals surface area contributed by atoms with Gasteiger partial charge in [0.2, 0.25) is 0 Å². The molecule has 0 unspecified atom stereocenters. The normalized spacial score (nSPS) is 10.3. The highest BCUT2D eigenvalue weighted by Gasteiger charge is 2.05. The number of halogens is 1. The lowest BCUT2D eigenvalue weighted by atomic mass is 10.0. The number of phenolic OH excluding ortho intramolecular Hbond substituents is 1. The van der Waals surface area contributed by atoms with Crippen LogP contribution in [-0.2, 0) is 0 Å². The molecular weight excluding hydrogens is 236 g/mol. The predicted octanol–water partition coefficient (Wildman–Crippen LogP) is 4.03. The minimum atomic E-state index is 0.169. The number of benzene rings is 2. The van der Waals surface area contributed by atoms with Crippen LogP contribution in [0, 0.1) is 6.92 Å². The largest absolute Gasteiger partial charge is 0.508 e. The van der Waals surface area contributed by atoms with Crippen molar-refractivity contribution in [3.05, 3.63) is 47.0 Å². The third kappa shape index (κ3) is 2.53. The van der Waals surface area contributed by atoms with E-state index in [9.17, 15) is 5.11 Å². The van der Waals surface area contributed by atoms with Crippen molar-refractivity contribution in [2.75, 3.05) is 7.11 Å². The molecule has 2 rings (SSSR count). The summed E-state index contributed by atoms with van der Waals surface area (Å²) in [5.41, 5.74) is 3.00. The molecular formula is C14H13ClO2. The Bertz CT molecular complexity index is 530. The summed E-state index contributed by atoms with van der Waals surface area (Å²) in [6, 6.07) is 10.8. The molecule has 0 atom stereocenters. The average Bonchev–Trinajstić information content (AvgIpc) is 2.27. The molecule has 0 saturated carbocycles. The summed E-state index contributed by atoms with van der Waals surface area (Å²) in [5, 5.41) is 10.1. The van der Waals surface area contributed by atoms with Gasteiger partial charge in [0.05, 0.1) is 7.11 Å². The molecule has 17 heavy (non-hydrogen) atoms. The van der Waals surface area contributed by atoms with Gasteiger partial charge in [-0.3, -0.25) is 0 Å². The van der Waals surface area contributed by atoms with Crippen LogP contribution in [0.3, 0.4) is 0 Å². The Morgan fingerprint density at radius 3 is 2.47 bits per heavy atom. The molecule has 0 saturated heterocycles. The zero-order chi connectivity index (χ0) is 12.4. The highest BCUT2D eigenvalue weighted by Crippen LogP contribution is 2.31. The zero-order valence-corrected chi connectivity index (χ0v) is 10.5. The Kier molecular flexibility index (Phi) is 3.25. The average molecular weight is 249 g/mol. The summed E-state index contributed by atoms with van der Waals surface area (Å²) in [7, 11) is 1.64. The number of methoxy groups -OCH3 is 1. The Labute approximate surface area is 105 Å². The Hall–Kier alpha value is -1.67. The van der Waals surface area contributed by atoms with E-state index in [2.05, 4.69) is 0 Å². The Balaban J connectivity index is 2.52. The monoisotopic (exact) mass is 248 g/mol. The summed E-state index contributed by atoms with van der Waals surface area (Å²) >= 11 is 5.93. The second-order valence-electron chi connectivity index (χ2n) is 3.88. The van der Waals surface area contributed by atoms with E-state index in [4.69, 9.17) is 16.3 Å². The first kappa shape index (κ1) is 11.8. The topological polar surface area (TPSA) is 29.5 Å². The maximum absolute atomic E-state index is 9.54. The molecule has 0 aliphatic heterocycles. The van der Waals surface area contributed by atoms with Gasteiger partial charge in [-0.2, -0.15) is 0 Å². The molecule has 0 bridgehead atoms. The predicted molar refractivity (Wildman–Crippen MR) is 69.8 cm³/mol. The number of phenols is 1. The van der Waals surface area contributed by atoms with Crippen LogP contribution < -0.4 is 4.74 Å². The Morgan fingerprint density at radius 1 is 1.12 bits per heavy atom. The van der Waals surface area contributed by atoms with Crippen molar-refractivity contribution in [2.24, 2.45) is 0 Å². The van der Waals surface area contributed by atoms with E-state index in [0.717, 1.165) is 22.4 Å². The van der Waals surface area contributed by atoms with Crippen molar-refractivity contribution in [1.82, 2.24) is 0 Å². The van der Waals surface area contributed by atoms with Crippen LogP contribution in [0.25, 0.3) is 11.1 Å². The lowest BCUT2D eigenvalue weighted by Crippen LogP contribution is -1.87. The van der Waals surface area contributed by atoms with E-state index in [1.54, 1.807) is 13.2 Å². The molecule has 0 fully saturated rings. The second-order valence-corrected chi connectivity index (χ2v) is 4.32. The standard InChI is InChI=1S/C14H13ClO2/c1-9-5-13(17-2)3-4-14(9)10-6-11(15)8-12(16)7-10/h3-8,16H,1-2H3. The zero-order valence-electron chi connectivity index (χ0n) is 9.70. The smallest absolute Gasteiger partial charge is 0.119 e. The number of aromatic hydroxyl groups is 1. The molecule has 0 heterocycles. The number of hydrogen-bond donors (Lipinski definition) is 1. The summed E-state index contributed by atoms with van der Waals surface area (Å²) < 4.78 is 5.16. The van der Waals surface area contributed by atoms with E-state index in [0.29, 0.717) is 5.02 Å². The quantitative estimate of drug-likeness (QED) is 0.870. The van der Waals surface area contributed by atoms with Crippen molar-refractivity contribution >= 4 is 11.6 Å². The highest BCUT2D eigenvalue weighted by molar-refractivity contribution is 6.31. The lowest BCUT2D eigenvalue weighted by molar-refractivity contribution is 0.414. The maximum Gasteiger partial charge on any atom is 0.119 e. The molecule has 1 N–H and O–H groups in total. The molecule has 0 aliphatic carbocycles. The van der Waals surface area contributed by atoms with Gasteiger partial charge in [-0.15, -0.1) is 0 Å². The van der Waals surface area contributed by atoms with Crippen molar-refractivity contribution in [3.63, 3.8) is 0 Å². The van der Waals surface area contributed by atoms with Crippen LogP contribution in [0.1, 0.15) is 5.56 Å². The molecule has 0 spiro atoms. The van der Waals surface area contributed by atoms with E-state index in [-0.39, 0.29) is 5.75 Å². The van der Waals surface area contributed by atoms with Gasteiger partial charge in [0, 0.05) is 5.02 Å². The number of rotatable bonds is 2. The SMILES string of the molecule is COc1ccc(-c2cc(O)cc(Cl)c2)c(C)c1. The van der Waals surface area contributed by atoms with Crippen molar-refractivity contribution in [1.29, 1.82) is 0 Å². The van der Waals surface area contributed by atoms with Crippen molar-refractivity contribution < 1.29 is 9.84 Å². The van der Waals surface area contributed by atoms with Crippen LogP contribution in [-0.4, -0.2) is 12.2 Å². The van der Waals surface area contributed by atoms with Crippen LogP contribution in [0.4, 0.5) is 0 Å². The molecule has 0 amide bonds. The van der Waals surface area contributed by atoms with Crippen LogP contribution in [0.5, 0.6) is 11.5 Å². The van der Waals surface area contributed by atoms with Gasteiger partial charge in [-0.25, -0.2) is 0 Å². The fourth-order valence-corrected chi connectivity index (χ4v) is 2.05. The lowest BCUT2D eigenvalue weighted by Gasteiger charge is -2.09. The fourth-order valence-electron chi connectivity index (χ4n) is 1.82. The minimum Gasteiger partial charge on any atom is -0.508 e. The fraction of sp³-hybridized carbons (Fsp3) is 0.143. The van der Waals surface area contributed by atoms with E-state index < -0.39 is 0 Å². The summed E-state index contributed by atoms with van der Waals surface area (Å²) in [5.74, 6) is 0.986. The molecule has 3 heteroatoms. The Morgan fingerprint density at radius 2 is 1.88 bits per heavy atom. The van der Waals surface area contributed by atoms with Crippen LogP contribution >= 0.6 is 11.6 Å². The summed E-state index contributed by atoms with van der Waals surface area (Å²) in [4.78, 5) is 0. The third-order valence-electron chi connectivity index (χ3n) is 2.63. The molecule has 0 aliphatic rings. The summed E-state index contributed by atoms with van der Waals surface area (Å²) in [6.45, 7) is 2.00. The van der Waals surface area contributed by atoms with E-state index >= 15 is 0 Å². The molecule has 88 valence electrons. The number of aryl methyl sites for hydroxylation is 1. The van der Waals surface area contributed by atoms with Gasteiger partial charge in [-0.1, -0.05) is 17.7 Å². The van der Waals surface area contributed by atoms with E-state index in [1.165, 1.54) is 6.07 Å². The van der Waals surface area contributed by atoms with Crippen molar-refractivity contribution in [3.8, 4) is 22.6 Å². The molecule has 2 nitrogen and oxygen atoms in total. The van der Waals surface area contributed by atoms with Crippen LogP contribution in [0.15, 0.2) is 36.4 Å². The van der Waals surface area contributed by atoms with Gasteiger partial charge >= 0.3 is 0 Å². The maximum atomic E-state index is 9.54. The minimum absolute atomic E-state index is 0.169. The van der Waals surface area contributed by atoms with Gasteiger partial charge in [0.15, 0.2) is 0 Å². The van der Waals surface area contributed by atoms with Crippen LogP contribution in [0.2, 0.25) is 5.02 Å². The molecule has 0 aromatic heterocycles. The van der Waals surface area contributed by atoms with Gasteiger partial charge in [0.25, 0.3) is 0 Å². The summed E-state index contributed by atoms with van der Waals surface area (Å²) in [6.07, 6.45) is 0. The van der Waals surface area contributed by atoms with Gasteiger partial charge in [0.1, 0.15) is 11.5 Å². The third-order valence-corrected chi connectivity index (χ3v) is 2.85. The van der Waals surface area contributed by atoms with Gasteiger partial charge < -0.3 is 9.84 Å². The first-order valence-electron chi connectivity index (χ1n) is 5.25. The molecule has 2 aromatic rings. The van der Waals surface area contributed by atoms with Gasteiger partial charge in [-0.05, 0) is 53.9 Å². The van der Waals surface area contributed by atoms with Crippen molar-refractivity contribution in [2.45, 2.75) is 6.92 Å². The second kappa shape index (κ2) is 4.68. The van der Waals surface area contributed by atoms with E-state index in [1.807, 2.05) is 31.2 Å². The number of hydrogen-bond acceptors (Lipinski definition) is 2.